The molecular weight excluding hydrogens is 321 g/mol. The smallest absolute Gasteiger partial charge is 0.340 e. The van der Waals surface area contributed by atoms with Crippen LogP contribution in [-0.4, -0.2) is 29.9 Å². The van der Waals surface area contributed by atoms with Crippen LogP contribution in [0.15, 0.2) is 41.1 Å². The minimum atomic E-state index is -0.563. The van der Waals surface area contributed by atoms with Gasteiger partial charge < -0.3 is 9.64 Å². The molecule has 1 amide bonds. The first-order chi connectivity index (χ1) is 12.0. The fraction of sp³-hybridized carbons (Fsp3) is 0.400. The molecular formula is C20H22FNO3. The number of esters is 1. The summed E-state index contributed by atoms with van der Waals surface area (Å²) in [5.41, 5.74) is 1.33. The van der Waals surface area contributed by atoms with Crippen molar-refractivity contribution in [3.8, 4) is 0 Å². The van der Waals surface area contributed by atoms with E-state index in [9.17, 15) is 14.0 Å². The summed E-state index contributed by atoms with van der Waals surface area (Å²) in [6.07, 6.45) is 6.61. The van der Waals surface area contributed by atoms with Gasteiger partial charge in [-0.1, -0.05) is 37.5 Å². The van der Waals surface area contributed by atoms with Gasteiger partial charge in [0.25, 0.3) is 5.91 Å². The van der Waals surface area contributed by atoms with Crippen molar-refractivity contribution in [3.63, 3.8) is 0 Å². The van der Waals surface area contributed by atoms with Crippen molar-refractivity contribution in [1.82, 2.24) is 4.90 Å². The molecule has 0 spiro atoms. The highest BCUT2D eigenvalue weighted by Crippen LogP contribution is 2.36. The van der Waals surface area contributed by atoms with Gasteiger partial charge in [-0.15, -0.1) is 0 Å². The van der Waals surface area contributed by atoms with Gasteiger partial charge in [-0.2, -0.15) is 0 Å². The van der Waals surface area contributed by atoms with Gasteiger partial charge in [0.05, 0.1) is 18.3 Å². The minimum Gasteiger partial charge on any atom is -0.465 e. The molecule has 0 unspecified atom stereocenters. The molecule has 0 saturated heterocycles. The van der Waals surface area contributed by atoms with Gasteiger partial charge in [0.2, 0.25) is 0 Å². The number of amides is 1. The number of rotatable bonds is 3. The van der Waals surface area contributed by atoms with Crippen LogP contribution in [-0.2, 0) is 14.3 Å². The van der Waals surface area contributed by atoms with Crippen LogP contribution in [0.4, 0.5) is 4.39 Å². The Kier molecular flexibility index (Phi) is 5.02. The van der Waals surface area contributed by atoms with Crippen molar-refractivity contribution >= 4 is 18.0 Å². The van der Waals surface area contributed by atoms with Crippen LogP contribution < -0.4 is 0 Å². The predicted molar refractivity (Wildman–Crippen MR) is 92.8 cm³/mol. The zero-order chi connectivity index (χ0) is 18.0. The number of allylic oxidation sites excluding steroid dienone is 1. The second kappa shape index (κ2) is 7.21. The van der Waals surface area contributed by atoms with E-state index < -0.39 is 11.8 Å². The number of carbonyl (C=O) groups excluding carboxylic acids is 2. The van der Waals surface area contributed by atoms with Gasteiger partial charge in [0.1, 0.15) is 5.82 Å². The predicted octanol–water partition coefficient (Wildman–Crippen LogP) is 3.83. The maximum Gasteiger partial charge on any atom is 0.340 e. The van der Waals surface area contributed by atoms with E-state index in [1.54, 1.807) is 30.0 Å². The topological polar surface area (TPSA) is 46.6 Å². The molecule has 0 aromatic heterocycles. The molecule has 0 atom stereocenters. The zero-order valence-electron chi connectivity index (χ0n) is 14.5. The Morgan fingerprint density at radius 2 is 1.92 bits per heavy atom. The van der Waals surface area contributed by atoms with Gasteiger partial charge in [-0.05, 0) is 31.9 Å². The molecule has 4 nitrogen and oxygen atoms in total. The van der Waals surface area contributed by atoms with Crippen LogP contribution in [0.5, 0.6) is 0 Å². The third-order valence-corrected chi connectivity index (χ3v) is 4.98. The van der Waals surface area contributed by atoms with E-state index in [0.717, 1.165) is 25.7 Å². The summed E-state index contributed by atoms with van der Waals surface area (Å²) < 4.78 is 18.9. The lowest BCUT2D eigenvalue weighted by Gasteiger charge is -2.32. The summed E-state index contributed by atoms with van der Waals surface area (Å²) in [4.78, 5) is 27.0. The molecule has 5 heteroatoms. The number of nitrogens with zero attached hydrogens (tertiary/aromatic N) is 1. The van der Waals surface area contributed by atoms with Gasteiger partial charge in [0, 0.05) is 17.3 Å². The molecule has 1 aromatic carbocycles. The highest BCUT2D eigenvalue weighted by molar-refractivity contribution is 6.16. The Hall–Kier alpha value is -2.43. The van der Waals surface area contributed by atoms with Crippen LogP contribution in [0, 0.1) is 5.82 Å². The first kappa shape index (κ1) is 17.4. The number of hydrogen-bond acceptors (Lipinski definition) is 3. The van der Waals surface area contributed by atoms with Gasteiger partial charge in [0.15, 0.2) is 0 Å². The quantitative estimate of drug-likeness (QED) is 0.619. The standard InChI is InChI=1S/C20H22FNO3/c1-13-18(20(24)25-2)16(12-14-8-6-7-11-17(14)21)19(23)22(13)15-9-4-3-5-10-15/h6-8,11-12,15H,3-5,9-10H2,1-2H3/b16-12-. The van der Waals surface area contributed by atoms with Gasteiger partial charge in [-0.3, -0.25) is 4.79 Å². The van der Waals surface area contributed by atoms with E-state index in [2.05, 4.69) is 0 Å². The normalized spacial score (nSPS) is 20.5. The highest BCUT2D eigenvalue weighted by Gasteiger charge is 2.40. The molecule has 0 radical (unpaired) electrons. The SMILES string of the molecule is COC(=O)C1=C(C)N(C2CCCCC2)C(=O)/C1=C\c1ccccc1F. The monoisotopic (exact) mass is 343 g/mol. The van der Waals surface area contributed by atoms with Crippen LogP contribution in [0.1, 0.15) is 44.6 Å². The molecule has 3 rings (SSSR count). The van der Waals surface area contributed by atoms with Crippen molar-refractivity contribution < 1.29 is 18.7 Å². The number of benzene rings is 1. The van der Waals surface area contributed by atoms with E-state index in [4.69, 9.17) is 4.74 Å². The van der Waals surface area contributed by atoms with Crippen LogP contribution in [0.25, 0.3) is 6.08 Å². The average molecular weight is 343 g/mol. The van der Waals surface area contributed by atoms with Crippen LogP contribution in [0.2, 0.25) is 0 Å². The number of carbonyl (C=O) groups is 2. The second-order valence-electron chi connectivity index (χ2n) is 6.50. The first-order valence-corrected chi connectivity index (χ1v) is 8.64. The van der Waals surface area contributed by atoms with E-state index in [1.807, 2.05) is 0 Å². The number of ether oxygens (including phenoxy) is 1. The molecule has 2 aliphatic rings. The van der Waals surface area contributed by atoms with E-state index in [-0.39, 0.29) is 28.7 Å². The maximum absolute atomic E-state index is 14.0. The molecule has 25 heavy (non-hydrogen) atoms. The van der Waals surface area contributed by atoms with Crippen molar-refractivity contribution in [2.45, 2.75) is 45.1 Å². The lowest BCUT2D eigenvalue weighted by Crippen LogP contribution is -2.37. The molecule has 0 N–H and O–H groups in total. The third-order valence-electron chi connectivity index (χ3n) is 4.98. The van der Waals surface area contributed by atoms with Crippen LogP contribution in [0.3, 0.4) is 0 Å². The van der Waals surface area contributed by atoms with Crippen molar-refractivity contribution in [2.75, 3.05) is 7.11 Å². The molecule has 1 aliphatic carbocycles. The Morgan fingerprint density at radius 3 is 2.56 bits per heavy atom. The summed E-state index contributed by atoms with van der Waals surface area (Å²) in [6.45, 7) is 1.76. The maximum atomic E-state index is 14.0. The summed E-state index contributed by atoms with van der Waals surface area (Å²) in [7, 11) is 1.29. The summed E-state index contributed by atoms with van der Waals surface area (Å²) in [6, 6.07) is 6.29. The Bertz CT molecular complexity index is 760. The summed E-state index contributed by atoms with van der Waals surface area (Å²) >= 11 is 0. The first-order valence-electron chi connectivity index (χ1n) is 8.64. The molecule has 132 valence electrons. The molecule has 1 heterocycles. The third kappa shape index (κ3) is 3.23. The average Bonchev–Trinajstić information content (AvgIpc) is 2.87. The lowest BCUT2D eigenvalue weighted by atomic mass is 9.94. The minimum absolute atomic E-state index is 0.0902. The Balaban J connectivity index is 2.06. The van der Waals surface area contributed by atoms with E-state index in [1.165, 1.54) is 25.7 Å². The van der Waals surface area contributed by atoms with E-state index >= 15 is 0 Å². The number of methoxy groups -OCH3 is 1. The molecule has 1 aromatic rings. The Morgan fingerprint density at radius 1 is 1.24 bits per heavy atom. The Labute approximate surface area is 147 Å². The lowest BCUT2D eigenvalue weighted by molar-refractivity contribution is -0.136. The van der Waals surface area contributed by atoms with Crippen molar-refractivity contribution in [1.29, 1.82) is 0 Å². The molecule has 1 aliphatic heterocycles. The second-order valence-corrected chi connectivity index (χ2v) is 6.50. The molecule has 1 saturated carbocycles. The fourth-order valence-corrected chi connectivity index (χ4v) is 3.72. The molecule has 0 bridgehead atoms. The largest absolute Gasteiger partial charge is 0.465 e. The van der Waals surface area contributed by atoms with Crippen molar-refractivity contribution in [3.05, 3.63) is 52.5 Å². The summed E-state index contributed by atoms with van der Waals surface area (Å²) in [5, 5.41) is 0. The number of halogens is 1. The molecule has 1 fully saturated rings. The van der Waals surface area contributed by atoms with Gasteiger partial charge >= 0.3 is 5.97 Å². The van der Waals surface area contributed by atoms with Crippen LogP contribution >= 0.6 is 0 Å². The number of hydrogen-bond donors (Lipinski definition) is 0. The fourth-order valence-electron chi connectivity index (χ4n) is 3.72. The van der Waals surface area contributed by atoms with E-state index in [0.29, 0.717) is 5.70 Å². The highest BCUT2D eigenvalue weighted by atomic mass is 19.1. The zero-order valence-corrected chi connectivity index (χ0v) is 14.5. The van der Waals surface area contributed by atoms with Crippen molar-refractivity contribution in [2.24, 2.45) is 0 Å². The summed E-state index contributed by atoms with van der Waals surface area (Å²) in [5.74, 6) is -1.24. The van der Waals surface area contributed by atoms with Gasteiger partial charge in [-0.25, -0.2) is 9.18 Å².